The first kappa shape index (κ1) is 10.8. The molecular formula is C14H14N4. The molecule has 0 aliphatic carbocycles. The van der Waals surface area contributed by atoms with Crippen molar-refractivity contribution in [3.05, 3.63) is 48.5 Å². The first-order valence-electron chi connectivity index (χ1n) is 5.84. The van der Waals surface area contributed by atoms with Crippen molar-refractivity contribution in [2.24, 2.45) is 0 Å². The van der Waals surface area contributed by atoms with Crippen LogP contribution in [-0.2, 0) is 0 Å². The van der Waals surface area contributed by atoms with Crippen LogP contribution in [0.3, 0.4) is 0 Å². The van der Waals surface area contributed by atoms with Gasteiger partial charge < -0.3 is 4.90 Å². The number of anilines is 1. The van der Waals surface area contributed by atoms with E-state index in [0.717, 1.165) is 22.4 Å². The predicted molar refractivity (Wildman–Crippen MR) is 73.2 cm³/mol. The number of aromatic nitrogens is 3. The Balaban J connectivity index is 2.03. The van der Waals surface area contributed by atoms with Crippen LogP contribution >= 0.6 is 0 Å². The van der Waals surface area contributed by atoms with E-state index in [1.165, 1.54) is 0 Å². The van der Waals surface area contributed by atoms with Gasteiger partial charge in [-0.15, -0.1) is 10.2 Å². The van der Waals surface area contributed by atoms with Gasteiger partial charge in [0, 0.05) is 19.8 Å². The third kappa shape index (κ3) is 1.82. The molecular weight excluding hydrogens is 224 g/mol. The molecule has 0 saturated carbocycles. The Labute approximate surface area is 105 Å². The van der Waals surface area contributed by atoms with Gasteiger partial charge in [0.2, 0.25) is 0 Å². The third-order valence-corrected chi connectivity index (χ3v) is 2.88. The highest BCUT2D eigenvalue weighted by atomic mass is 15.5. The van der Waals surface area contributed by atoms with Crippen LogP contribution in [0.15, 0.2) is 48.5 Å². The maximum absolute atomic E-state index is 4.45. The molecule has 4 nitrogen and oxygen atoms in total. The molecule has 0 aliphatic rings. The summed E-state index contributed by atoms with van der Waals surface area (Å²) in [6, 6.07) is 16.0. The van der Waals surface area contributed by atoms with E-state index < -0.39 is 0 Å². The molecule has 1 heterocycles. The quantitative estimate of drug-likeness (QED) is 0.688. The largest absolute Gasteiger partial charge is 0.378 e. The number of rotatable bonds is 2. The van der Waals surface area contributed by atoms with Gasteiger partial charge >= 0.3 is 0 Å². The van der Waals surface area contributed by atoms with Gasteiger partial charge in [0.05, 0.1) is 5.69 Å². The first-order chi connectivity index (χ1) is 8.74. The second-order valence-electron chi connectivity index (χ2n) is 4.39. The molecule has 0 bridgehead atoms. The Kier molecular flexibility index (Phi) is 2.48. The van der Waals surface area contributed by atoms with Gasteiger partial charge in [-0.1, -0.05) is 12.1 Å². The van der Waals surface area contributed by atoms with E-state index in [2.05, 4.69) is 27.2 Å². The van der Waals surface area contributed by atoms with Crippen molar-refractivity contribution in [1.82, 2.24) is 15.0 Å². The highest BCUT2D eigenvalue weighted by molar-refractivity contribution is 5.73. The molecule has 0 aliphatic heterocycles. The summed E-state index contributed by atoms with van der Waals surface area (Å²) in [7, 11) is 4.05. The van der Waals surface area contributed by atoms with Crippen LogP contribution < -0.4 is 4.90 Å². The normalized spacial score (nSPS) is 10.8. The summed E-state index contributed by atoms with van der Waals surface area (Å²) >= 11 is 0. The van der Waals surface area contributed by atoms with Gasteiger partial charge in [0.1, 0.15) is 11.0 Å². The highest BCUT2D eigenvalue weighted by Crippen LogP contribution is 2.16. The van der Waals surface area contributed by atoms with E-state index in [4.69, 9.17) is 0 Å². The van der Waals surface area contributed by atoms with E-state index in [9.17, 15) is 0 Å². The molecule has 3 rings (SSSR count). The van der Waals surface area contributed by atoms with Crippen molar-refractivity contribution in [3.8, 4) is 5.69 Å². The number of benzene rings is 2. The second-order valence-corrected chi connectivity index (χ2v) is 4.39. The average Bonchev–Trinajstić information content (AvgIpc) is 2.82. The lowest BCUT2D eigenvalue weighted by atomic mass is 10.3. The minimum Gasteiger partial charge on any atom is -0.378 e. The van der Waals surface area contributed by atoms with Crippen molar-refractivity contribution in [1.29, 1.82) is 0 Å². The predicted octanol–water partition coefficient (Wildman–Crippen LogP) is 2.49. The van der Waals surface area contributed by atoms with Crippen LogP contribution in [0.1, 0.15) is 0 Å². The molecule has 2 aromatic carbocycles. The zero-order valence-corrected chi connectivity index (χ0v) is 10.4. The number of hydrogen-bond donors (Lipinski definition) is 0. The van der Waals surface area contributed by atoms with Crippen molar-refractivity contribution in [2.75, 3.05) is 19.0 Å². The fourth-order valence-corrected chi connectivity index (χ4v) is 1.86. The summed E-state index contributed by atoms with van der Waals surface area (Å²) in [6.45, 7) is 0. The van der Waals surface area contributed by atoms with E-state index in [-0.39, 0.29) is 0 Å². The molecule has 3 aromatic rings. The number of hydrogen-bond acceptors (Lipinski definition) is 3. The molecule has 0 amide bonds. The summed E-state index contributed by atoms with van der Waals surface area (Å²) < 4.78 is 0. The molecule has 0 N–H and O–H groups in total. The summed E-state index contributed by atoms with van der Waals surface area (Å²) in [4.78, 5) is 3.74. The van der Waals surface area contributed by atoms with Gasteiger partial charge in [0.15, 0.2) is 0 Å². The SMILES string of the molecule is CN(C)c1ccc(-n2nc3ccccc3n2)cc1. The van der Waals surface area contributed by atoms with Crippen molar-refractivity contribution in [3.63, 3.8) is 0 Å². The maximum Gasteiger partial charge on any atom is 0.113 e. The minimum absolute atomic E-state index is 0.911. The molecule has 0 unspecified atom stereocenters. The van der Waals surface area contributed by atoms with Gasteiger partial charge in [0.25, 0.3) is 0 Å². The fraction of sp³-hybridized carbons (Fsp3) is 0.143. The molecule has 4 heteroatoms. The molecule has 0 fully saturated rings. The number of nitrogens with zero attached hydrogens (tertiary/aromatic N) is 4. The average molecular weight is 238 g/mol. The van der Waals surface area contributed by atoms with Crippen LogP contribution in [0, 0.1) is 0 Å². The van der Waals surface area contributed by atoms with E-state index in [1.54, 1.807) is 4.80 Å². The van der Waals surface area contributed by atoms with Crippen LogP contribution in [-0.4, -0.2) is 29.1 Å². The Hall–Kier alpha value is -2.36. The van der Waals surface area contributed by atoms with Crippen LogP contribution in [0.4, 0.5) is 5.69 Å². The zero-order chi connectivity index (χ0) is 12.5. The fourth-order valence-electron chi connectivity index (χ4n) is 1.86. The van der Waals surface area contributed by atoms with Gasteiger partial charge in [-0.3, -0.25) is 0 Å². The monoisotopic (exact) mass is 238 g/mol. The molecule has 1 aromatic heterocycles. The van der Waals surface area contributed by atoms with Crippen LogP contribution in [0.25, 0.3) is 16.7 Å². The Morgan fingerprint density at radius 3 is 1.89 bits per heavy atom. The van der Waals surface area contributed by atoms with Gasteiger partial charge in [-0.2, -0.15) is 4.80 Å². The minimum atomic E-state index is 0.911. The van der Waals surface area contributed by atoms with Crippen molar-refractivity contribution < 1.29 is 0 Å². The van der Waals surface area contributed by atoms with Crippen molar-refractivity contribution >= 4 is 16.7 Å². The number of fused-ring (bicyclic) bond motifs is 1. The molecule has 90 valence electrons. The molecule has 0 radical (unpaired) electrons. The molecule has 18 heavy (non-hydrogen) atoms. The maximum atomic E-state index is 4.45. The summed E-state index contributed by atoms with van der Waals surface area (Å²) in [6.07, 6.45) is 0. The standard InChI is InChI=1S/C14H14N4/c1-17(2)11-7-9-12(10-8-11)18-15-13-5-3-4-6-14(13)16-18/h3-10H,1-2H3. The summed E-state index contributed by atoms with van der Waals surface area (Å²) in [5.74, 6) is 0. The Morgan fingerprint density at radius 2 is 1.39 bits per heavy atom. The molecule has 0 spiro atoms. The lowest BCUT2D eigenvalue weighted by Gasteiger charge is -2.12. The third-order valence-electron chi connectivity index (χ3n) is 2.88. The van der Waals surface area contributed by atoms with Gasteiger partial charge in [-0.05, 0) is 36.4 Å². The lowest BCUT2D eigenvalue weighted by Crippen LogP contribution is -2.08. The van der Waals surface area contributed by atoms with Gasteiger partial charge in [-0.25, -0.2) is 0 Å². The second kappa shape index (κ2) is 4.14. The van der Waals surface area contributed by atoms with Crippen LogP contribution in [0.5, 0.6) is 0 Å². The van der Waals surface area contributed by atoms with Crippen molar-refractivity contribution in [2.45, 2.75) is 0 Å². The smallest absolute Gasteiger partial charge is 0.113 e. The molecule has 0 saturated heterocycles. The van der Waals surface area contributed by atoms with E-state index in [1.807, 2.05) is 50.5 Å². The van der Waals surface area contributed by atoms with E-state index in [0.29, 0.717) is 0 Å². The summed E-state index contributed by atoms with van der Waals surface area (Å²) in [5.41, 5.74) is 3.95. The van der Waals surface area contributed by atoms with Crippen LogP contribution in [0.2, 0.25) is 0 Å². The first-order valence-corrected chi connectivity index (χ1v) is 5.84. The Bertz CT molecular complexity index is 635. The lowest BCUT2D eigenvalue weighted by molar-refractivity contribution is 0.765. The Morgan fingerprint density at radius 1 is 0.833 bits per heavy atom. The summed E-state index contributed by atoms with van der Waals surface area (Å²) in [5, 5.41) is 8.90. The topological polar surface area (TPSA) is 34.0 Å². The molecule has 0 atom stereocenters. The highest BCUT2D eigenvalue weighted by Gasteiger charge is 2.03. The van der Waals surface area contributed by atoms with E-state index >= 15 is 0 Å². The zero-order valence-electron chi connectivity index (χ0n) is 10.4.